The maximum absolute atomic E-state index is 12.6. The largest absolute Gasteiger partial charge is 0.396 e. The third-order valence-electron chi connectivity index (χ3n) is 2.42. The molecule has 0 saturated heterocycles. The highest BCUT2D eigenvalue weighted by Gasteiger charge is 2.22. The molecule has 2 N–H and O–H groups in total. The standard InChI is InChI=1S/C9H15F2N3/c1-5(2)6(3)14-8(9(10)11)7(12)4-13-14/h4-6,9H,12H2,1-3H3. The van der Waals surface area contributed by atoms with Crippen molar-refractivity contribution in [3.8, 4) is 0 Å². The molecule has 0 radical (unpaired) electrons. The van der Waals surface area contributed by atoms with Crippen LogP contribution in [0.15, 0.2) is 6.20 Å². The van der Waals surface area contributed by atoms with E-state index < -0.39 is 6.43 Å². The molecule has 1 aromatic rings. The lowest BCUT2D eigenvalue weighted by Gasteiger charge is -2.18. The van der Waals surface area contributed by atoms with Gasteiger partial charge in [-0.1, -0.05) is 13.8 Å². The Bertz CT molecular complexity index is 307. The Morgan fingerprint density at radius 3 is 2.36 bits per heavy atom. The smallest absolute Gasteiger partial charge is 0.282 e. The molecule has 80 valence electrons. The van der Waals surface area contributed by atoms with Gasteiger partial charge in [0.2, 0.25) is 0 Å². The Hall–Kier alpha value is -1.13. The summed E-state index contributed by atoms with van der Waals surface area (Å²) in [5.74, 6) is 0.242. The minimum atomic E-state index is -2.57. The molecule has 3 nitrogen and oxygen atoms in total. The van der Waals surface area contributed by atoms with E-state index in [2.05, 4.69) is 5.10 Å². The van der Waals surface area contributed by atoms with Crippen LogP contribution >= 0.6 is 0 Å². The number of aromatic nitrogens is 2. The summed E-state index contributed by atoms with van der Waals surface area (Å²) < 4.78 is 26.5. The van der Waals surface area contributed by atoms with Gasteiger partial charge in [0.15, 0.2) is 0 Å². The summed E-state index contributed by atoms with van der Waals surface area (Å²) in [6.07, 6.45) is -1.29. The zero-order valence-electron chi connectivity index (χ0n) is 8.54. The molecule has 0 bridgehead atoms. The van der Waals surface area contributed by atoms with E-state index in [1.807, 2.05) is 20.8 Å². The lowest BCUT2D eigenvalue weighted by molar-refractivity contribution is 0.134. The van der Waals surface area contributed by atoms with Crippen LogP contribution in [-0.2, 0) is 0 Å². The van der Waals surface area contributed by atoms with Crippen molar-refractivity contribution in [1.82, 2.24) is 9.78 Å². The molecule has 0 spiro atoms. The molecule has 1 heterocycles. The first kappa shape index (κ1) is 10.9. The van der Waals surface area contributed by atoms with Crippen LogP contribution in [0.5, 0.6) is 0 Å². The molecule has 0 aliphatic rings. The summed E-state index contributed by atoms with van der Waals surface area (Å²) in [5, 5.41) is 3.87. The summed E-state index contributed by atoms with van der Waals surface area (Å²) >= 11 is 0. The van der Waals surface area contributed by atoms with Gasteiger partial charge in [-0.3, -0.25) is 4.68 Å². The molecule has 14 heavy (non-hydrogen) atoms. The molecule has 0 aromatic carbocycles. The predicted octanol–water partition coefficient (Wildman–Crippen LogP) is 2.62. The number of alkyl halides is 2. The fourth-order valence-electron chi connectivity index (χ4n) is 1.22. The van der Waals surface area contributed by atoms with Crippen molar-refractivity contribution in [1.29, 1.82) is 0 Å². The van der Waals surface area contributed by atoms with Gasteiger partial charge < -0.3 is 5.73 Å². The van der Waals surface area contributed by atoms with Gasteiger partial charge >= 0.3 is 0 Å². The maximum Gasteiger partial charge on any atom is 0.282 e. The SMILES string of the molecule is CC(C)C(C)n1ncc(N)c1C(F)F. The molecule has 0 fully saturated rings. The van der Waals surface area contributed by atoms with Crippen molar-refractivity contribution < 1.29 is 8.78 Å². The number of halogens is 2. The maximum atomic E-state index is 12.6. The molecule has 0 saturated carbocycles. The quantitative estimate of drug-likeness (QED) is 0.820. The van der Waals surface area contributed by atoms with Crippen LogP contribution in [0, 0.1) is 5.92 Å². The van der Waals surface area contributed by atoms with Crippen LogP contribution in [0.25, 0.3) is 0 Å². The summed E-state index contributed by atoms with van der Waals surface area (Å²) in [6, 6.07) is -0.0729. The summed E-state index contributed by atoms with van der Waals surface area (Å²) in [7, 11) is 0. The molecule has 0 aliphatic carbocycles. The van der Waals surface area contributed by atoms with Gasteiger partial charge in [0.1, 0.15) is 5.69 Å². The Labute approximate surface area is 81.9 Å². The first-order chi connectivity index (χ1) is 6.45. The summed E-state index contributed by atoms with van der Waals surface area (Å²) in [4.78, 5) is 0. The van der Waals surface area contributed by atoms with E-state index in [9.17, 15) is 8.78 Å². The van der Waals surface area contributed by atoms with Crippen LogP contribution in [0.1, 0.15) is 38.9 Å². The van der Waals surface area contributed by atoms with Crippen molar-refractivity contribution >= 4 is 5.69 Å². The Kier molecular flexibility index (Phi) is 3.08. The summed E-state index contributed by atoms with van der Waals surface area (Å²) in [5.41, 5.74) is 5.30. The zero-order chi connectivity index (χ0) is 10.9. The third kappa shape index (κ3) is 1.86. The van der Waals surface area contributed by atoms with Crippen LogP contribution < -0.4 is 5.73 Å². The van der Waals surface area contributed by atoms with Crippen LogP contribution in [-0.4, -0.2) is 9.78 Å². The highest BCUT2D eigenvalue weighted by molar-refractivity contribution is 5.41. The molecule has 0 aliphatic heterocycles. The van der Waals surface area contributed by atoms with Crippen molar-refractivity contribution in [2.24, 2.45) is 5.92 Å². The Morgan fingerprint density at radius 1 is 1.36 bits per heavy atom. The second kappa shape index (κ2) is 3.94. The molecule has 1 atom stereocenters. The van der Waals surface area contributed by atoms with E-state index in [1.54, 1.807) is 0 Å². The number of hydrogen-bond acceptors (Lipinski definition) is 2. The zero-order valence-corrected chi connectivity index (χ0v) is 8.54. The third-order valence-corrected chi connectivity index (χ3v) is 2.42. The van der Waals surface area contributed by atoms with E-state index >= 15 is 0 Å². The van der Waals surface area contributed by atoms with Gasteiger partial charge in [-0.25, -0.2) is 8.78 Å². The monoisotopic (exact) mass is 203 g/mol. The minimum Gasteiger partial charge on any atom is -0.396 e. The number of nitrogen functional groups attached to an aromatic ring is 1. The molecule has 1 rings (SSSR count). The van der Waals surface area contributed by atoms with Crippen molar-refractivity contribution in [3.63, 3.8) is 0 Å². The Morgan fingerprint density at radius 2 is 1.93 bits per heavy atom. The highest BCUT2D eigenvalue weighted by atomic mass is 19.3. The van der Waals surface area contributed by atoms with Crippen molar-refractivity contribution in [2.45, 2.75) is 33.2 Å². The lowest BCUT2D eigenvalue weighted by atomic mass is 10.1. The van der Waals surface area contributed by atoms with Gasteiger partial charge in [0, 0.05) is 0 Å². The molecule has 1 unspecified atom stereocenters. The van der Waals surface area contributed by atoms with Crippen LogP contribution in [0.2, 0.25) is 0 Å². The van der Waals surface area contributed by atoms with E-state index in [4.69, 9.17) is 5.73 Å². The van der Waals surface area contributed by atoms with Crippen molar-refractivity contribution in [3.05, 3.63) is 11.9 Å². The number of hydrogen-bond donors (Lipinski definition) is 1. The first-order valence-electron chi connectivity index (χ1n) is 4.56. The fourth-order valence-corrected chi connectivity index (χ4v) is 1.22. The second-order valence-electron chi connectivity index (χ2n) is 3.72. The molecular weight excluding hydrogens is 188 g/mol. The number of anilines is 1. The lowest BCUT2D eigenvalue weighted by Crippen LogP contribution is -2.16. The van der Waals surface area contributed by atoms with Gasteiger partial charge in [-0.15, -0.1) is 0 Å². The van der Waals surface area contributed by atoms with Gasteiger partial charge in [-0.05, 0) is 12.8 Å². The van der Waals surface area contributed by atoms with Crippen molar-refractivity contribution in [2.75, 3.05) is 5.73 Å². The van der Waals surface area contributed by atoms with Gasteiger partial charge in [0.05, 0.1) is 17.9 Å². The highest BCUT2D eigenvalue weighted by Crippen LogP contribution is 2.29. The number of rotatable bonds is 3. The van der Waals surface area contributed by atoms with Crippen LogP contribution in [0.3, 0.4) is 0 Å². The average Bonchev–Trinajstić information content (AvgIpc) is 2.45. The first-order valence-corrected chi connectivity index (χ1v) is 4.56. The average molecular weight is 203 g/mol. The molecule has 5 heteroatoms. The normalized spacial score (nSPS) is 13.9. The minimum absolute atomic E-state index is 0.0625. The molecule has 0 amide bonds. The van der Waals surface area contributed by atoms with E-state index in [-0.39, 0.29) is 23.3 Å². The fraction of sp³-hybridized carbons (Fsp3) is 0.667. The molecular formula is C9H15F2N3. The second-order valence-corrected chi connectivity index (χ2v) is 3.72. The van der Waals surface area contributed by atoms with Crippen LogP contribution in [0.4, 0.5) is 14.5 Å². The summed E-state index contributed by atoms with van der Waals surface area (Å²) in [6.45, 7) is 5.76. The number of nitrogens with two attached hydrogens (primary N) is 1. The van der Waals surface area contributed by atoms with E-state index in [1.165, 1.54) is 10.9 Å². The molecule has 1 aromatic heterocycles. The Balaban J connectivity index is 3.09. The number of nitrogens with zero attached hydrogens (tertiary/aromatic N) is 2. The van der Waals surface area contributed by atoms with E-state index in [0.29, 0.717) is 0 Å². The van der Waals surface area contributed by atoms with Gasteiger partial charge in [0.25, 0.3) is 6.43 Å². The predicted molar refractivity (Wildman–Crippen MR) is 51.1 cm³/mol. The van der Waals surface area contributed by atoms with Gasteiger partial charge in [-0.2, -0.15) is 5.10 Å². The van der Waals surface area contributed by atoms with E-state index in [0.717, 1.165) is 0 Å². The topological polar surface area (TPSA) is 43.8 Å².